The predicted molar refractivity (Wildman–Crippen MR) is 122 cm³/mol. The molecule has 162 valence electrons. The van der Waals surface area contributed by atoms with Gasteiger partial charge in [0.25, 0.3) is 0 Å². The van der Waals surface area contributed by atoms with Crippen molar-refractivity contribution in [1.29, 1.82) is 0 Å². The van der Waals surface area contributed by atoms with Gasteiger partial charge in [-0.1, -0.05) is 80.9 Å². The fraction of sp³-hybridized carbons (Fsp3) is 0.708. The molecule has 1 aromatic carbocycles. The number of methoxy groups -OCH3 is 2. The molecule has 3 nitrogen and oxygen atoms in total. The van der Waals surface area contributed by atoms with Gasteiger partial charge in [-0.05, 0) is 43.7 Å². The summed E-state index contributed by atoms with van der Waals surface area (Å²) in [5.74, 6) is 3.54. The molecule has 0 N–H and O–H groups in total. The van der Waals surface area contributed by atoms with Crippen molar-refractivity contribution in [3.63, 3.8) is 0 Å². The Morgan fingerprint density at radius 2 is 1.30 bits per heavy atom. The molecule has 0 heterocycles. The summed E-state index contributed by atoms with van der Waals surface area (Å²) in [5, 5.41) is 0. The number of carbonyl (C=O) groups excluding carboxylic acids is 1. The second-order valence-corrected chi connectivity index (χ2v) is 6.95. The highest BCUT2D eigenvalue weighted by atomic mass is 16.5. The quantitative estimate of drug-likeness (QED) is 0.536. The number of hydrogen-bond donors (Lipinski definition) is 0. The van der Waals surface area contributed by atoms with Crippen LogP contribution in [0.5, 0.6) is 11.5 Å². The van der Waals surface area contributed by atoms with Gasteiger partial charge in [0.2, 0.25) is 0 Å². The molecule has 0 aromatic heterocycles. The van der Waals surface area contributed by atoms with E-state index in [0.717, 1.165) is 29.8 Å². The zero-order valence-electron chi connectivity index (χ0n) is 20.5. The molecular weight excluding hydrogens is 336 g/mol. The molecule has 0 unspecified atom stereocenters. The molecule has 0 spiro atoms. The van der Waals surface area contributed by atoms with Gasteiger partial charge in [0.05, 0.1) is 14.2 Å². The summed E-state index contributed by atoms with van der Waals surface area (Å²) in [7, 11) is 3.31. The van der Waals surface area contributed by atoms with Crippen molar-refractivity contribution in [2.75, 3.05) is 14.2 Å². The number of hydrogen-bond acceptors (Lipinski definition) is 3. The van der Waals surface area contributed by atoms with Gasteiger partial charge in [0, 0.05) is 0 Å². The lowest BCUT2D eigenvalue weighted by molar-refractivity contribution is -0.114. The van der Waals surface area contributed by atoms with Crippen LogP contribution < -0.4 is 9.47 Å². The topological polar surface area (TPSA) is 35.5 Å². The predicted octanol–water partition coefficient (Wildman–Crippen LogP) is 7.60. The fourth-order valence-corrected chi connectivity index (χ4v) is 1.23. The largest absolute Gasteiger partial charge is 0.493 e. The number of para-hydroxylation sites is 1. The van der Waals surface area contributed by atoms with Gasteiger partial charge in [-0.25, -0.2) is 0 Å². The second kappa shape index (κ2) is 24.5. The Morgan fingerprint density at radius 1 is 0.926 bits per heavy atom. The van der Waals surface area contributed by atoms with Crippen molar-refractivity contribution in [2.24, 2.45) is 11.8 Å². The average Bonchev–Trinajstić information content (AvgIpc) is 2.62. The van der Waals surface area contributed by atoms with E-state index in [4.69, 9.17) is 9.47 Å². The third-order valence-corrected chi connectivity index (χ3v) is 2.68. The molecule has 0 fully saturated rings. The Bertz CT molecular complexity index is 395. The molecule has 0 aliphatic rings. The minimum absolute atomic E-state index is 0.167. The minimum Gasteiger partial charge on any atom is -0.493 e. The molecule has 0 atom stereocenters. The van der Waals surface area contributed by atoms with Crippen LogP contribution in [0.4, 0.5) is 0 Å². The van der Waals surface area contributed by atoms with Crippen LogP contribution in [0.1, 0.15) is 88.1 Å². The van der Waals surface area contributed by atoms with Crippen LogP contribution >= 0.6 is 0 Å². The SMILES string of the molecule is CC.CC(C)=O.CC(C)C.CCC(C)C.CCc1cccc(OC)c1OC. The molecule has 1 rings (SSSR count). The van der Waals surface area contributed by atoms with E-state index in [1.165, 1.54) is 25.8 Å². The van der Waals surface area contributed by atoms with Crippen LogP contribution in [-0.4, -0.2) is 20.0 Å². The van der Waals surface area contributed by atoms with Crippen LogP contribution in [0.2, 0.25) is 0 Å². The molecular formula is C24H48O3. The van der Waals surface area contributed by atoms with Crippen LogP contribution in [0.15, 0.2) is 18.2 Å². The summed E-state index contributed by atoms with van der Waals surface area (Å²) in [6.45, 7) is 22.3. The normalized spacial score (nSPS) is 8.56. The average molecular weight is 385 g/mol. The van der Waals surface area contributed by atoms with Crippen molar-refractivity contribution in [2.45, 2.75) is 89.0 Å². The lowest BCUT2D eigenvalue weighted by Crippen LogP contribution is -1.94. The van der Waals surface area contributed by atoms with E-state index in [2.05, 4.69) is 48.5 Å². The van der Waals surface area contributed by atoms with Gasteiger partial charge in [0.15, 0.2) is 11.5 Å². The maximum absolute atomic E-state index is 9.44. The molecule has 27 heavy (non-hydrogen) atoms. The Balaban J connectivity index is -0.000000148. The van der Waals surface area contributed by atoms with Crippen molar-refractivity contribution < 1.29 is 14.3 Å². The summed E-state index contributed by atoms with van der Waals surface area (Å²) >= 11 is 0. The Labute approximate surface area is 170 Å². The number of rotatable bonds is 4. The smallest absolute Gasteiger partial charge is 0.163 e. The van der Waals surface area contributed by atoms with Crippen LogP contribution in [0.25, 0.3) is 0 Å². The second-order valence-electron chi connectivity index (χ2n) is 6.95. The van der Waals surface area contributed by atoms with Crippen LogP contribution in [-0.2, 0) is 11.2 Å². The summed E-state index contributed by atoms with van der Waals surface area (Å²) in [5.41, 5.74) is 1.18. The summed E-state index contributed by atoms with van der Waals surface area (Å²) in [6.07, 6.45) is 2.26. The van der Waals surface area contributed by atoms with E-state index in [9.17, 15) is 4.79 Å². The Hall–Kier alpha value is -1.51. The Kier molecular flexibility index (Phi) is 30.0. The van der Waals surface area contributed by atoms with Gasteiger partial charge in [-0.2, -0.15) is 0 Å². The van der Waals surface area contributed by atoms with Crippen molar-refractivity contribution >= 4 is 5.78 Å². The molecule has 0 aliphatic heterocycles. The van der Waals surface area contributed by atoms with E-state index in [1.807, 2.05) is 32.0 Å². The van der Waals surface area contributed by atoms with Crippen LogP contribution in [0, 0.1) is 11.8 Å². The number of benzene rings is 1. The first kappa shape index (κ1) is 33.1. The molecule has 0 saturated carbocycles. The first-order valence-electron chi connectivity index (χ1n) is 10.2. The highest BCUT2D eigenvalue weighted by molar-refractivity contribution is 5.72. The van der Waals surface area contributed by atoms with E-state index >= 15 is 0 Å². The van der Waals surface area contributed by atoms with Gasteiger partial charge in [0.1, 0.15) is 5.78 Å². The first-order chi connectivity index (χ1) is 12.6. The number of Topliss-reactive ketones (excluding diaryl/α,β-unsaturated/α-hetero) is 1. The van der Waals surface area contributed by atoms with E-state index in [1.54, 1.807) is 14.2 Å². The van der Waals surface area contributed by atoms with Gasteiger partial charge in [-0.3, -0.25) is 0 Å². The summed E-state index contributed by atoms with van der Waals surface area (Å²) in [4.78, 5) is 9.44. The molecule has 0 radical (unpaired) electrons. The lowest BCUT2D eigenvalue weighted by atomic mass is 10.1. The lowest BCUT2D eigenvalue weighted by Gasteiger charge is -2.10. The fourth-order valence-electron chi connectivity index (χ4n) is 1.23. The highest BCUT2D eigenvalue weighted by Gasteiger charge is 2.06. The third kappa shape index (κ3) is 29.5. The number of aryl methyl sites for hydroxylation is 1. The van der Waals surface area contributed by atoms with Gasteiger partial charge < -0.3 is 14.3 Å². The highest BCUT2D eigenvalue weighted by Crippen LogP contribution is 2.30. The molecule has 3 heteroatoms. The maximum Gasteiger partial charge on any atom is 0.163 e. The van der Waals surface area contributed by atoms with Crippen molar-refractivity contribution in [3.8, 4) is 11.5 Å². The van der Waals surface area contributed by atoms with Gasteiger partial charge in [-0.15, -0.1) is 0 Å². The Morgan fingerprint density at radius 3 is 1.52 bits per heavy atom. The zero-order valence-corrected chi connectivity index (χ0v) is 20.5. The molecule has 1 aromatic rings. The molecule has 0 amide bonds. The van der Waals surface area contributed by atoms with E-state index in [-0.39, 0.29) is 5.78 Å². The first-order valence-corrected chi connectivity index (χ1v) is 10.2. The molecule has 0 saturated heterocycles. The van der Waals surface area contributed by atoms with Crippen molar-refractivity contribution in [1.82, 2.24) is 0 Å². The molecule has 0 aliphatic carbocycles. The van der Waals surface area contributed by atoms with E-state index in [0.29, 0.717) is 0 Å². The summed E-state index contributed by atoms with van der Waals surface area (Å²) < 4.78 is 10.4. The molecule has 0 bridgehead atoms. The maximum atomic E-state index is 9.44. The standard InChI is InChI=1S/C10H14O2.C5H12.C4H10.C3H6O.C2H6/c1-4-8-6-5-7-9(11-2)10(8)12-3;1-4-5(2)3;1-4(2)3;1-3(2)4;1-2/h5-7H,4H2,1-3H3;5H,4H2,1-3H3;4H,1-3H3;1-2H3;1-2H3. The van der Waals surface area contributed by atoms with Crippen LogP contribution in [0.3, 0.4) is 0 Å². The summed E-state index contributed by atoms with van der Waals surface area (Å²) in [6, 6.07) is 5.92. The third-order valence-electron chi connectivity index (χ3n) is 2.68. The monoisotopic (exact) mass is 384 g/mol. The number of ether oxygens (including phenoxy) is 2. The number of carbonyl (C=O) groups is 1. The van der Waals surface area contributed by atoms with Gasteiger partial charge >= 0.3 is 0 Å². The number of ketones is 1. The minimum atomic E-state index is 0.167. The van der Waals surface area contributed by atoms with Crippen molar-refractivity contribution in [3.05, 3.63) is 23.8 Å². The zero-order chi connectivity index (χ0) is 22.4. The van der Waals surface area contributed by atoms with E-state index < -0.39 is 0 Å².